The first kappa shape index (κ1) is 11.7. The summed E-state index contributed by atoms with van der Waals surface area (Å²) in [7, 11) is 1.60. The number of unbranched alkanes of at least 4 members (excludes halogenated alkanes) is 1. The molecule has 0 aromatic carbocycles. The SMILES string of the molecule is COc1ncnc(NCCCCN)c1C. The summed E-state index contributed by atoms with van der Waals surface area (Å²) in [4.78, 5) is 8.16. The van der Waals surface area contributed by atoms with Gasteiger partial charge in [-0.3, -0.25) is 0 Å². The summed E-state index contributed by atoms with van der Waals surface area (Å²) in [6, 6.07) is 0. The number of nitrogens with two attached hydrogens (primary N) is 1. The number of ether oxygens (including phenoxy) is 1. The number of anilines is 1. The number of methoxy groups -OCH3 is 1. The fourth-order valence-electron chi connectivity index (χ4n) is 1.29. The third kappa shape index (κ3) is 3.36. The van der Waals surface area contributed by atoms with Gasteiger partial charge in [0.2, 0.25) is 5.88 Å². The molecule has 5 heteroatoms. The highest BCUT2D eigenvalue weighted by Gasteiger charge is 2.05. The molecule has 3 N–H and O–H groups in total. The first-order valence-corrected chi connectivity index (χ1v) is 5.09. The Balaban J connectivity index is 2.53. The van der Waals surface area contributed by atoms with Gasteiger partial charge in [0.15, 0.2) is 0 Å². The number of nitrogens with zero attached hydrogens (tertiary/aromatic N) is 2. The molecule has 0 bridgehead atoms. The molecule has 0 spiro atoms. The van der Waals surface area contributed by atoms with Crippen molar-refractivity contribution in [2.45, 2.75) is 19.8 Å². The lowest BCUT2D eigenvalue weighted by Gasteiger charge is -2.09. The zero-order valence-corrected chi connectivity index (χ0v) is 9.29. The van der Waals surface area contributed by atoms with Gasteiger partial charge in [-0.1, -0.05) is 0 Å². The zero-order chi connectivity index (χ0) is 11.1. The van der Waals surface area contributed by atoms with Gasteiger partial charge in [0.25, 0.3) is 0 Å². The van der Waals surface area contributed by atoms with Crippen molar-refractivity contribution in [1.29, 1.82) is 0 Å². The topological polar surface area (TPSA) is 73.1 Å². The third-order valence-electron chi connectivity index (χ3n) is 2.15. The van der Waals surface area contributed by atoms with Crippen LogP contribution in [0, 0.1) is 6.92 Å². The van der Waals surface area contributed by atoms with Crippen molar-refractivity contribution in [3.05, 3.63) is 11.9 Å². The molecule has 1 heterocycles. The quantitative estimate of drug-likeness (QED) is 0.684. The molecule has 0 aliphatic rings. The average Bonchev–Trinajstić information content (AvgIpc) is 2.26. The summed E-state index contributed by atoms with van der Waals surface area (Å²) in [5, 5.41) is 3.24. The van der Waals surface area contributed by atoms with Gasteiger partial charge >= 0.3 is 0 Å². The predicted molar refractivity (Wildman–Crippen MR) is 60.1 cm³/mol. The van der Waals surface area contributed by atoms with E-state index in [-0.39, 0.29) is 0 Å². The summed E-state index contributed by atoms with van der Waals surface area (Å²) >= 11 is 0. The molecular weight excluding hydrogens is 192 g/mol. The van der Waals surface area contributed by atoms with Crippen LogP contribution in [0.25, 0.3) is 0 Å². The van der Waals surface area contributed by atoms with Crippen LogP contribution in [0.4, 0.5) is 5.82 Å². The van der Waals surface area contributed by atoms with Crippen molar-refractivity contribution < 1.29 is 4.74 Å². The fraction of sp³-hybridized carbons (Fsp3) is 0.600. The molecule has 0 saturated carbocycles. The molecule has 0 atom stereocenters. The smallest absolute Gasteiger partial charge is 0.221 e. The average molecular weight is 210 g/mol. The van der Waals surface area contributed by atoms with Gasteiger partial charge in [-0.2, -0.15) is 0 Å². The highest BCUT2D eigenvalue weighted by Crippen LogP contribution is 2.19. The second-order valence-electron chi connectivity index (χ2n) is 3.28. The van der Waals surface area contributed by atoms with Gasteiger partial charge < -0.3 is 15.8 Å². The molecule has 1 rings (SSSR count). The molecule has 0 radical (unpaired) electrons. The van der Waals surface area contributed by atoms with Crippen LogP contribution in [0.1, 0.15) is 18.4 Å². The zero-order valence-electron chi connectivity index (χ0n) is 9.29. The van der Waals surface area contributed by atoms with E-state index in [2.05, 4.69) is 15.3 Å². The lowest BCUT2D eigenvalue weighted by molar-refractivity contribution is 0.393. The Morgan fingerprint density at radius 2 is 2.20 bits per heavy atom. The van der Waals surface area contributed by atoms with Crippen LogP contribution in [-0.2, 0) is 0 Å². The second-order valence-corrected chi connectivity index (χ2v) is 3.28. The lowest BCUT2D eigenvalue weighted by Crippen LogP contribution is -2.08. The highest BCUT2D eigenvalue weighted by atomic mass is 16.5. The Morgan fingerprint density at radius 3 is 2.87 bits per heavy atom. The van der Waals surface area contributed by atoms with E-state index < -0.39 is 0 Å². The maximum atomic E-state index is 5.41. The van der Waals surface area contributed by atoms with Crippen LogP contribution in [0.3, 0.4) is 0 Å². The summed E-state index contributed by atoms with van der Waals surface area (Å²) in [6.07, 6.45) is 3.56. The van der Waals surface area contributed by atoms with Crippen molar-refractivity contribution in [3.8, 4) is 5.88 Å². The van der Waals surface area contributed by atoms with E-state index in [1.54, 1.807) is 7.11 Å². The number of rotatable bonds is 6. The van der Waals surface area contributed by atoms with Crippen LogP contribution in [0.5, 0.6) is 5.88 Å². The minimum Gasteiger partial charge on any atom is -0.481 e. The summed E-state index contributed by atoms with van der Waals surface area (Å²) < 4.78 is 5.10. The molecule has 0 amide bonds. The number of hydrogen-bond donors (Lipinski definition) is 2. The minimum absolute atomic E-state index is 0.617. The van der Waals surface area contributed by atoms with E-state index >= 15 is 0 Å². The lowest BCUT2D eigenvalue weighted by atomic mass is 10.3. The summed E-state index contributed by atoms with van der Waals surface area (Å²) in [5.74, 6) is 1.45. The third-order valence-corrected chi connectivity index (χ3v) is 2.15. The number of hydrogen-bond acceptors (Lipinski definition) is 5. The normalized spacial score (nSPS) is 10.1. The number of aromatic nitrogens is 2. The molecule has 84 valence electrons. The summed E-state index contributed by atoms with van der Waals surface area (Å²) in [5.41, 5.74) is 6.35. The Hall–Kier alpha value is -1.36. The van der Waals surface area contributed by atoms with Crippen molar-refractivity contribution in [1.82, 2.24) is 9.97 Å². The molecule has 0 aliphatic heterocycles. The number of nitrogens with one attached hydrogen (secondary N) is 1. The van der Waals surface area contributed by atoms with E-state index in [0.29, 0.717) is 5.88 Å². The van der Waals surface area contributed by atoms with Gasteiger partial charge in [-0.15, -0.1) is 0 Å². The van der Waals surface area contributed by atoms with Crippen molar-refractivity contribution in [3.63, 3.8) is 0 Å². The maximum Gasteiger partial charge on any atom is 0.221 e. The van der Waals surface area contributed by atoms with Crippen LogP contribution < -0.4 is 15.8 Å². The van der Waals surface area contributed by atoms with Crippen molar-refractivity contribution in [2.24, 2.45) is 5.73 Å². The van der Waals surface area contributed by atoms with Gasteiger partial charge in [0.05, 0.1) is 12.7 Å². The van der Waals surface area contributed by atoms with Crippen molar-refractivity contribution >= 4 is 5.82 Å². The van der Waals surface area contributed by atoms with Crippen LogP contribution >= 0.6 is 0 Å². The first-order chi connectivity index (χ1) is 7.29. The first-order valence-electron chi connectivity index (χ1n) is 5.09. The van der Waals surface area contributed by atoms with Crippen molar-refractivity contribution in [2.75, 3.05) is 25.5 Å². The highest BCUT2D eigenvalue weighted by molar-refractivity contribution is 5.47. The van der Waals surface area contributed by atoms with E-state index in [1.807, 2.05) is 6.92 Å². The Kier molecular flexibility index (Phi) is 4.83. The molecule has 0 aliphatic carbocycles. The van der Waals surface area contributed by atoms with E-state index in [0.717, 1.165) is 37.3 Å². The monoisotopic (exact) mass is 210 g/mol. The Labute approximate surface area is 90.1 Å². The molecular formula is C10H18N4O. The van der Waals surface area contributed by atoms with Gasteiger partial charge in [-0.25, -0.2) is 9.97 Å². The molecule has 5 nitrogen and oxygen atoms in total. The second kappa shape index (κ2) is 6.19. The molecule has 0 fully saturated rings. The predicted octanol–water partition coefficient (Wildman–Crippen LogP) is 0.944. The van der Waals surface area contributed by atoms with Gasteiger partial charge in [0, 0.05) is 6.54 Å². The Bertz CT molecular complexity index is 303. The van der Waals surface area contributed by atoms with Crippen LogP contribution in [-0.4, -0.2) is 30.2 Å². The molecule has 15 heavy (non-hydrogen) atoms. The van der Waals surface area contributed by atoms with E-state index in [9.17, 15) is 0 Å². The fourth-order valence-corrected chi connectivity index (χ4v) is 1.29. The standard InChI is InChI=1S/C10H18N4O/c1-8-9(12-6-4-3-5-11)13-7-14-10(8)15-2/h7H,3-6,11H2,1-2H3,(H,12,13,14). The van der Waals surface area contributed by atoms with Crippen LogP contribution in [0.15, 0.2) is 6.33 Å². The van der Waals surface area contributed by atoms with Gasteiger partial charge in [0.1, 0.15) is 12.1 Å². The van der Waals surface area contributed by atoms with Crippen LogP contribution in [0.2, 0.25) is 0 Å². The summed E-state index contributed by atoms with van der Waals surface area (Å²) in [6.45, 7) is 3.54. The largest absolute Gasteiger partial charge is 0.481 e. The van der Waals surface area contributed by atoms with E-state index in [4.69, 9.17) is 10.5 Å². The molecule has 1 aromatic heterocycles. The minimum atomic E-state index is 0.617. The van der Waals surface area contributed by atoms with E-state index in [1.165, 1.54) is 6.33 Å². The molecule has 0 unspecified atom stereocenters. The molecule has 0 saturated heterocycles. The van der Waals surface area contributed by atoms with Gasteiger partial charge in [-0.05, 0) is 26.3 Å². The molecule has 1 aromatic rings. The maximum absolute atomic E-state index is 5.41. The Morgan fingerprint density at radius 1 is 1.40 bits per heavy atom.